The molecule has 0 radical (unpaired) electrons. The number of imidazole rings is 1. The summed E-state index contributed by atoms with van der Waals surface area (Å²) in [5, 5.41) is 3.04. The molecule has 25 heavy (non-hydrogen) atoms. The number of rotatable bonds is 6. The summed E-state index contributed by atoms with van der Waals surface area (Å²) in [7, 11) is 2.17. The topological polar surface area (TPSA) is 50.2 Å². The van der Waals surface area contributed by atoms with E-state index in [4.69, 9.17) is 0 Å². The summed E-state index contributed by atoms with van der Waals surface area (Å²) in [5.74, 6) is 1.11. The van der Waals surface area contributed by atoms with Crippen LogP contribution >= 0.6 is 0 Å². The summed E-state index contributed by atoms with van der Waals surface area (Å²) in [5.41, 5.74) is 2.20. The molecular weight excluding hydrogens is 312 g/mol. The molecule has 134 valence electrons. The van der Waals surface area contributed by atoms with E-state index in [9.17, 15) is 4.79 Å². The van der Waals surface area contributed by atoms with Crippen LogP contribution in [-0.2, 0) is 11.3 Å². The molecular formula is C20H28N4O. The monoisotopic (exact) mass is 340 g/mol. The van der Waals surface area contributed by atoms with Crippen molar-refractivity contribution in [2.24, 2.45) is 0 Å². The zero-order chi connectivity index (χ0) is 17.6. The first-order chi connectivity index (χ1) is 12.1. The highest BCUT2D eigenvalue weighted by Crippen LogP contribution is 2.19. The van der Waals surface area contributed by atoms with Gasteiger partial charge in [0.1, 0.15) is 5.82 Å². The zero-order valence-electron chi connectivity index (χ0n) is 15.2. The van der Waals surface area contributed by atoms with E-state index in [2.05, 4.69) is 46.5 Å². The SMILES string of the molecule is Cc1nccn1-c1ccc(CNC(=O)CC[C@H]2CCCCN2C)cc1. The molecule has 1 atom stereocenters. The van der Waals surface area contributed by atoms with E-state index < -0.39 is 0 Å². The summed E-state index contributed by atoms with van der Waals surface area (Å²) in [6.45, 7) is 3.73. The van der Waals surface area contributed by atoms with Crippen molar-refractivity contribution in [2.45, 2.75) is 51.6 Å². The maximum atomic E-state index is 12.1. The maximum Gasteiger partial charge on any atom is 0.220 e. The van der Waals surface area contributed by atoms with Gasteiger partial charge in [-0.15, -0.1) is 0 Å². The highest BCUT2D eigenvalue weighted by Gasteiger charge is 2.19. The molecule has 0 saturated carbocycles. The van der Waals surface area contributed by atoms with Crippen molar-refractivity contribution in [1.29, 1.82) is 0 Å². The Bertz CT molecular complexity index is 692. The Hall–Kier alpha value is -2.14. The van der Waals surface area contributed by atoms with Gasteiger partial charge < -0.3 is 14.8 Å². The van der Waals surface area contributed by atoms with Crippen LogP contribution in [-0.4, -0.2) is 40.0 Å². The van der Waals surface area contributed by atoms with Gasteiger partial charge in [-0.2, -0.15) is 0 Å². The summed E-state index contributed by atoms with van der Waals surface area (Å²) in [4.78, 5) is 18.8. The van der Waals surface area contributed by atoms with Crippen LogP contribution in [0.25, 0.3) is 5.69 Å². The molecule has 1 aliphatic rings. The second kappa shape index (κ2) is 8.30. The van der Waals surface area contributed by atoms with Gasteiger partial charge in [-0.05, 0) is 57.5 Å². The Kier molecular flexibility index (Phi) is 5.87. The number of aryl methyl sites for hydroxylation is 1. The van der Waals surface area contributed by atoms with Crippen LogP contribution in [0.3, 0.4) is 0 Å². The predicted molar refractivity (Wildman–Crippen MR) is 99.7 cm³/mol. The van der Waals surface area contributed by atoms with Gasteiger partial charge in [0.05, 0.1) is 0 Å². The Morgan fingerprint density at radius 1 is 1.28 bits per heavy atom. The largest absolute Gasteiger partial charge is 0.352 e. The lowest BCUT2D eigenvalue weighted by molar-refractivity contribution is -0.121. The first-order valence-electron chi connectivity index (χ1n) is 9.19. The van der Waals surface area contributed by atoms with Crippen LogP contribution in [0.4, 0.5) is 0 Å². The highest BCUT2D eigenvalue weighted by molar-refractivity contribution is 5.75. The third-order valence-electron chi connectivity index (χ3n) is 5.16. The van der Waals surface area contributed by atoms with Crippen LogP contribution in [0.5, 0.6) is 0 Å². The van der Waals surface area contributed by atoms with Crippen molar-refractivity contribution in [3.8, 4) is 5.69 Å². The molecule has 1 aliphatic heterocycles. The number of carbonyl (C=O) groups excluding carboxylic acids is 1. The number of nitrogens with one attached hydrogen (secondary N) is 1. The third-order valence-corrected chi connectivity index (χ3v) is 5.16. The molecule has 0 aliphatic carbocycles. The van der Waals surface area contributed by atoms with Crippen LogP contribution < -0.4 is 5.32 Å². The molecule has 5 nitrogen and oxygen atoms in total. The average molecular weight is 340 g/mol. The molecule has 2 aromatic rings. The van der Waals surface area contributed by atoms with Gasteiger partial charge in [0.15, 0.2) is 0 Å². The summed E-state index contributed by atoms with van der Waals surface area (Å²) < 4.78 is 2.04. The lowest BCUT2D eigenvalue weighted by Gasteiger charge is -2.32. The molecule has 1 aromatic heterocycles. The number of likely N-dealkylation sites (tertiary alicyclic amines) is 1. The van der Waals surface area contributed by atoms with Gasteiger partial charge in [0, 0.05) is 37.1 Å². The third kappa shape index (κ3) is 4.69. The molecule has 1 saturated heterocycles. The molecule has 1 N–H and O–H groups in total. The summed E-state index contributed by atoms with van der Waals surface area (Å²) in [6.07, 6.45) is 9.12. The Balaban J connectivity index is 1.45. The first-order valence-corrected chi connectivity index (χ1v) is 9.19. The molecule has 2 heterocycles. The minimum absolute atomic E-state index is 0.147. The van der Waals surface area contributed by atoms with E-state index >= 15 is 0 Å². The zero-order valence-corrected chi connectivity index (χ0v) is 15.2. The maximum absolute atomic E-state index is 12.1. The van der Waals surface area contributed by atoms with Gasteiger partial charge in [0.25, 0.3) is 0 Å². The predicted octanol–water partition coefficient (Wildman–Crippen LogP) is 3.06. The smallest absolute Gasteiger partial charge is 0.220 e. The number of aromatic nitrogens is 2. The molecule has 1 aromatic carbocycles. The lowest BCUT2D eigenvalue weighted by Crippen LogP contribution is -2.37. The number of amides is 1. The minimum atomic E-state index is 0.147. The molecule has 0 bridgehead atoms. The van der Waals surface area contributed by atoms with E-state index in [0.29, 0.717) is 19.0 Å². The van der Waals surface area contributed by atoms with Crippen molar-refractivity contribution in [1.82, 2.24) is 19.8 Å². The Labute approximate surface area is 150 Å². The van der Waals surface area contributed by atoms with Crippen LogP contribution in [0.1, 0.15) is 43.5 Å². The minimum Gasteiger partial charge on any atom is -0.352 e. The van der Waals surface area contributed by atoms with Crippen molar-refractivity contribution in [3.05, 3.63) is 48.0 Å². The van der Waals surface area contributed by atoms with Crippen molar-refractivity contribution in [2.75, 3.05) is 13.6 Å². The van der Waals surface area contributed by atoms with Crippen molar-refractivity contribution in [3.63, 3.8) is 0 Å². The Morgan fingerprint density at radius 2 is 2.08 bits per heavy atom. The van der Waals surface area contributed by atoms with Gasteiger partial charge in [-0.25, -0.2) is 4.98 Å². The fourth-order valence-corrected chi connectivity index (χ4v) is 3.52. The number of carbonyl (C=O) groups is 1. The van der Waals surface area contributed by atoms with Crippen molar-refractivity contribution < 1.29 is 4.79 Å². The lowest BCUT2D eigenvalue weighted by atomic mass is 9.98. The van der Waals surface area contributed by atoms with E-state index in [1.807, 2.05) is 17.7 Å². The average Bonchev–Trinajstić information content (AvgIpc) is 3.06. The number of hydrogen-bond donors (Lipinski definition) is 1. The van der Waals surface area contributed by atoms with E-state index in [-0.39, 0.29) is 5.91 Å². The van der Waals surface area contributed by atoms with Crippen LogP contribution in [0, 0.1) is 6.92 Å². The molecule has 0 spiro atoms. The molecule has 3 rings (SSSR count). The van der Waals surface area contributed by atoms with E-state index in [1.165, 1.54) is 19.3 Å². The number of benzene rings is 1. The number of nitrogens with zero attached hydrogens (tertiary/aromatic N) is 3. The molecule has 0 unspecified atom stereocenters. The molecule has 5 heteroatoms. The Morgan fingerprint density at radius 3 is 2.76 bits per heavy atom. The quantitative estimate of drug-likeness (QED) is 0.879. The van der Waals surface area contributed by atoms with Gasteiger partial charge >= 0.3 is 0 Å². The van der Waals surface area contributed by atoms with Gasteiger partial charge in [0.2, 0.25) is 5.91 Å². The highest BCUT2D eigenvalue weighted by atomic mass is 16.1. The second-order valence-electron chi connectivity index (χ2n) is 6.96. The van der Waals surface area contributed by atoms with E-state index in [1.54, 1.807) is 6.20 Å². The van der Waals surface area contributed by atoms with Gasteiger partial charge in [-0.3, -0.25) is 4.79 Å². The van der Waals surface area contributed by atoms with Crippen LogP contribution in [0.2, 0.25) is 0 Å². The summed E-state index contributed by atoms with van der Waals surface area (Å²) in [6, 6.07) is 8.81. The fourth-order valence-electron chi connectivity index (χ4n) is 3.52. The molecule has 1 amide bonds. The van der Waals surface area contributed by atoms with E-state index in [0.717, 1.165) is 30.0 Å². The van der Waals surface area contributed by atoms with Crippen molar-refractivity contribution >= 4 is 5.91 Å². The van der Waals surface area contributed by atoms with Crippen LogP contribution in [0.15, 0.2) is 36.7 Å². The van der Waals surface area contributed by atoms with Gasteiger partial charge in [-0.1, -0.05) is 18.6 Å². The standard InChI is InChI=1S/C20H28N4O/c1-16-21-12-14-24(16)19-8-6-17(7-9-19)15-22-20(25)11-10-18-5-3-4-13-23(18)2/h6-9,12,14,18H,3-5,10-11,13,15H2,1-2H3,(H,22,25)/t18-/m1/s1. The normalized spacial score (nSPS) is 18.2. The number of hydrogen-bond acceptors (Lipinski definition) is 3. The summed E-state index contributed by atoms with van der Waals surface area (Å²) >= 11 is 0. The number of piperidine rings is 1. The second-order valence-corrected chi connectivity index (χ2v) is 6.96. The first kappa shape index (κ1) is 17.7. The molecule has 1 fully saturated rings. The fraction of sp³-hybridized carbons (Fsp3) is 0.500.